The van der Waals surface area contributed by atoms with Gasteiger partial charge in [0.05, 0.1) is 6.07 Å². The van der Waals surface area contributed by atoms with Crippen molar-refractivity contribution in [3.05, 3.63) is 0 Å². The molecule has 0 bridgehead atoms. The van der Waals surface area contributed by atoms with Crippen LogP contribution in [0.1, 0.15) is 32.6 Å². The van der Waals surface area contributed by atoms with Crippen molar-refractivity contribution in [2.45, 2.75) is 32.6 Å². The molecule has 1 aliphatic heterocycles. The Bertz CT molecular complexity index is 294. The van der Waals surface area contributed by atoms with E-state index in [0.29, 0.717) is 11.8 Å². The van der Waals surface area contributed by atoms with E-state index in [1.54, 1.807) is 0 Å². The monoisotopic (exact) mass is 206 g/mol. The number of nitrogens with zero attached hydrogens (tertiary/aromatic N) is 2. The predicted octanol–water partition coefficient (Wildman–Crippen LogP) is 1.79. The number of hydrogen-bond donors (Lipinski definition) is 0. The molecule has 0 aromatic carbocycles. The zero-order chi connectivity index (χ0) is 10.8. The minimum absolute atomic E-state index is 0.0274. The SMILES string of the molecule is CC1CC[C@H]2CN(C(=O)CC#N)C[C@H]2C1. The molecule has 3 nitrogen and oxygen atoms in total. The fourth-order valence-corrected chi connectivity index (χ4v) is 3.05. The lowest BCUT2D eigenvalue weighted by Crippen LogP contribution is -2.28. The first-order valence-electron chi connectivity index (χ1n) is 5.85. The van der Waals surface area contributed by atoms with E-state index < -0.39 is 0 Å². The van der Waals surface area contributed by atoms with E-state index in [0.717, 1.165) is 19.0 Å². The largest absolute Gasteiger partial charge is 0.341 e. The van der Waals surface area contributed by atoms with Crippen molar-refractivity contribution in [2.24, 2.45) is 17.8 Å². The van der Waals surface area contributed by atoms with Gasteiger partial charge in [0.1, 0.15) is 6.42 Å². The van der Waals surface area contributed by atoms with Crippen molar-refractivity contribution in [1.29, 1.82) is 5.26 Å². The molecule has 1 amide bonds. The molecule has 2 rings (SSSR count). The van der Waals surface area contributed by atoms with Crippen LogP contribution in [0.15, 0.2) is 0 Å². The molecule has 0 spiro atoms. The summed E-state index contributed by atoms with van der Waals surface area (Å²) in [4.78, 5) is 13.5. The van der Waals surface area contributed by atoms with E-state index in [-0.39, 0.29) is 12.3 Å². The van der Waals surface area contributed by atoms with Gasteiger partial charge in [-0.3, -0.25) is 4.79 Å². The third-order valence-corrected chi connectivity index (χ3v) is 3.89. The standard InChI is InChI=1S/C12H18N2O/c1-9-2-3-10-7-14(8-11(10)6-9)12(15)4-5-13/h9-11H,2-4,6-8H2,1H3/t9?,10-,11+/m0/s1. The Balaban J connectivity index is 1.93. The predicted molar refractivity (Wildman–Crippen MR) is 56.8 cm³/mol. The van der Waals surface area contributed by atoms with Crippen LogP contribution in [-0.4, -0.2) is 23.9 Å². The average Bonchev–Trinajstić information content (AvgIpc) is 2.60. The van der Waals surface area contributed by atoms with E-state index in [2.05, 4.69) is 6.92 Å². The van der Waals surface area contributed by atoms with Crippen LogP contribution >= 0.6 is 0 Å². The molecule has 0 radical (unpaired) electrons. The summed E-state index contributed by atoms with van der Waals surface area (Å²) in [6, 6.07) is 1.94. The lowest BCUT2D eigenvalue weighted by atomic mass is 9.77. The normalized spacial score (nSPS) is 34.7. The Labute approximate surface area is 91.1 Å². The highest BCUT2D eigenvalue weighted by Crippen LogP contribution is 2.38. The minimum Gasteiger partial charge on any atom is -0.341 e. The zero-order valence-corrected chi connectivity index (χ0v) is 9.28. The zero-order valence-electron chi connectivity index (χ0n) is 9.28. The van der Waals surface area contributed by atoms with Crippen LogP contribution < -0.4 is 0 Å². The molecule has 1 saturated heterocycles. The second-order valence-corrected chi connectivity index (χ2v) is 5.07. The quantitative estimate of drug-likeness (QED) is 0.656. The number of nitriles is 1. The van der Waals surface area contributed by atoms with Crippen molar-refractivity contribution >= 4 is 5.91 Å². The fourth-order valence-electron chi connectivity index (χ4n) is 3.05. The first-order valence-corrected chi connectivity index (χ1v) is 5.85. The summed E-state index contributed by atoms with van der Waals surface area (Å²) in [5.41, 5.74) is 0. The van der Waals surface area contributed by atoms with Crippen LogP contribution in [0.5, 0.6) is 0 Å². The number of carbonyl (C=O) groups excluding carboxylic acids is 1. The number of amides is 1. The van der Waals surface area contributed by atoms with Crippen molar-refractivity contribution in [2.75, 3.05) is 13.1 Å². The van der Waals surface area contributed by atoms with Crippen molar-refractivity contribution in [3.63, 3.8) is 0 Å². The second-order valence-electron chi connectivity index (χ2n) is 5.07. The number of carbonyl (C=O) groups is 1. The molecule has 2 aliphatic rings. The van der Waals surface area contributed by atoms with Crippen LogP contribution in [0.2, 0.25) is 0 Å². The van der Waals surface area contributed by atoms with Crippen molar-refractivity contribution in [1.82, 2.24) is 4.90 Å². The van der Waals surface area contributed by atoms with E-state index in [1.165, 1.54) is 19.3 Å². The molecule has 0 N–H and O–H groups in total. The maximum absolute atomic E-state index is 11.6. The minimum atomic E-state index is 0.0274. The highest BCUT2D eigenvalue weighted by atomic mass is 16.2. The molecule has 2 fully saturated rings. The molecule has 15 heavy (non-hydrogen) atoms. The maximum atomic E-state index is 11.6. The van der Waals surface area contributed by atoms with Gasteiger partial charge in [-0.05, 0) is 30.6 Å². The lowest BCUT2D eigenvalue weighted by molar-refractivity contribution is -0.129. The van der Waals surface area contributed by atoms with Gasteiger partial charge in [-0.2, -0.15) is 5.26 Å². The molecular formula is C12H18N2O. The summed E-state index contributed by atoms with van der Waals surface area (Å²) in [7, 11) is 0. The van der Waals surface area contributed by atoms with Gasteiger partial charge in [-0.15, -0.1) is 0 Å². The molecule has 82 valence electrons. The van der Waals surface area contributed by atoms with Gasteiger partial charge < -0.3 is 4.90 Å². The molecule has 1 saturated carbocycles. The lowest BCUT2D eigenvalue weighted by Gasteiger charge is -2.28. The first-order chi connectivity index (χ1) is 7.20. The Morgan fingerprint density at radius 3 is 2.87 bits per heavy atom. The highest BCUT2D eigenvalue weighted by Gasteiger charge is 2.37. The molecule has 1 heterocycles. The third kappa shape index (κ3) is 2.14. The highest BCUT2D eigenvalue weighted by molar-refractivity contribution is 5.78. The summed E-state index contributed by atoms with van der Waals surface area (Å²) in [6.45, 7) is 4.10. The van der Waals surface area contributed by atoms with Crippen LogP contribution in [0.4, 0.5) is 0 Å². The fraction of sp³-hybridized carbons (Fsp3) is 0.833. The summed E-state index contributed by atoms with van der Waals surface area (Å²) in [5, 5.41) is 8.50. The van der Waals surface area contributed by atoms with Gasteiger partial charge in [0.25, 0.3) is 0 Å². The third-order valence-electron chi connectivity index (χ3n) is 3.89. The molecule has 3 heteroatoms. The maximum Gasteiger partial charge on any atom is 0.236 e. The number of hydrogen-bond acceptors (Lipinski definition) is 2. The molecule has 1 unspecified atom stereocenters. The second kappa shape index (κ2) is 4.22. The Kier molecular flexibility index (Phi) is 2.95. The van der Waals surface area contributed by atoms with Gasteiger partial charge in [0, 0.05) is 13.1 Å². The van der Waals surface area contributed by atoms with Crippen LogP contribution in [-0.2, 0) is 4.79 Å². The van der Waals surface area contributed by atoms with E-state index in [9.17, 15) is 4.79 Å². The van der Waals surface area contributed by atoms with E-state index in [4.69, 9.17) is 5.26 Å². The van der Waals surface area contributed by atoms with Gasteiger partial charge in [0.2, 0.25) is 5.91 Å². The van der Waals surface area contributed by atoms with E-state index >= 15 is 0 Å². The van der Waals surface area contributed by atoms with Crippen LogP contribution in [0.3, 0.4) is 0 Å². The Morgan fingerprint density at radius 2 is 2.13 bits per heavy atom. The average molecular weight is 206 g/mol. The number of fused-ring (bicyclic) bond motifs is 1. The molecule has 0 aromatic heterocycles. The summed E-state index contributed by atoms with van der Waals surface area (Å²) in [6.07, 6.45) is 3.89. The Morgan fingerprint density at radius 1 is 1.40 bits per heavy atom. The summed E-state index contributed by atoms with van der Waals surface area (Å²) >= 11 is 0. The van der Waals surface area contributed by atoms with E-state index in [1.807, 2.05) is 11.0 Å². The molecule has 3 atom stereocenters. The topological polar surface area (TPSA) is 44.1 Å². The molecular weight excluding hydrogens is 188 g/mol. The van der Waals surface area contributed by atoms with Crippen molar-refractivity contribution in [3.8, 4) is 6.07 Å². The van der Waals surface area contributed by atoms with Gasteiger partial charge in [-0.25, -0.2) is 0 Å². The molecule has 1 aliphatic carbocycles. The van der Waals surface area contributed by atoms with Crippen LogP contribution in [0, 0.1) is 29.1 Å². The van der Waals surface area contributed by atoms with Gasteiger partial charge >= 0.3 is 0 Å². The first kappa shape index (κ1) is 10.5. The number of likely N-dealkylation sites (tertiary alicyclic amines) is 1. The van der Waals surface area contributed by atoms with Gasteiger partial charge in [0.15, 0.2) is 0 Å². The summed E-state index contributed by atoms with van der Waals surface area (Å²) < 4.78 is 0. The summed E-state index contributed by atoms with van der Waals surface area (Å²) in [5.74, 6) is 2.26. The van der Waals surface area contributed by atoms with Gasteiger partial charge in [-0.1, -0.05) is 13.3 Å². The van der Waals surface area contributed by atoms with Crippen molar-refractivity contribution < 1.29 is 4.79 Å². The molecule has 0 aromatic rings. The number of rotatable bonds is 1. The van der Waals surface area contributed by atoms with Crippen LogP contribution in [0.25, 0.3) is 0 Å². The Hall–Kier alpha value is -1.04. The smallest absolute Gasteiger partial charge is 0.236 e.